The fourth-order valence-corrected chi connectivity index (χ4v) is 5.68. The zero-order chi connectivity index (χ0) is 31.0. The van der Waals surface area contributed by atoms with Crippen LogP contribution in [0.3, 0.4) is 0 Å². The van der Waals surface area contributed by atoms with Crippen LogP contribution in [0.15, 0.2) is 30.6 Å². The molecule has 44 heavy (non-hydrogen) atoms. The number of carboxylic acids is 1. The van der Waals surface area contributed by atoms with Crippen LogP contribution in [0.4, 0.5) is 10.6 Å². The number of nitrogens with two attached hydrogens (primary N) is 1. The molecule has 6 rings (SSSR count). The number of hydrogen-bond acceptors (Lipinski definition) is 11. The van der Waals surface area contributed by atoms with Gasteiger partial charge in [0.05, 0.1) is 11.9 Å². The summed E-state index contributed by atoms with van der Waals surface area (Å²) in [6, 6.07) is 5.79. The van der Waals surface area contributed by atoms with Crippen molar-refractivity contribution in [2.75, 3.05) is 18.8 Å². The predicted molar refractivity (Wildman–Crippen MR) is 153 cm³/mol. The van der Waals surface area contributed by atoms with Crippen LogP contribution in [0, 0.1) is 5.92 Å². The number of benzene rings is 1. The molecule has 1 saturated carbocycles. The molecule has 2 amide bonds. The Morgan fingerprint density at radius 2 is 1.77 bits per heavy atom. The van der Waals surface area contributed by atoms with Crippen molar-refractivity contribution >= 4 is 35.0 Å². The Hall–Kier alpha value is -4.34. The first-order chi connectivity index (χ1) is 21.2. The number of carboxylic acid groups (broad SMARTS) is 1. The van der Waals surface area contributed by atoms with Gasteiger partial charge >= 0.3 is 12.1 Å². The molecule has 4 atom stereocenters. The molecule has 1 aromatic carbocycles. The third-order valence-corrected chi connectivity index (χ3v) is 8.38. The van der Waals surface area contributed by atoms with E-state index in [4.69, 9.17) is 20.3 Å². The van der Waals surface area contributed by atoms with E-state index < -0.39 is 42.5 Å². The van der Waals surface area contributed by atoms with Gasteiger partial charge in [-0.05, 0) is 68.7 Å². The van der Waals surface area contributed by atoms with Crippen LogP contribution < -0.4 is 15.8 Å². The van der Waals surface area contributed by atoms with Crippen molar-refractivity contribution in [3.05, 3.63) is 42.0 Å². The van der Waals surface area contributed by atoms with E-state index in [0.29, 0.717) is 48.2 Å². The minimum Gasteiger partial charge on any atom is -0.478 e. The molecule has 15 heteroatoms. The highest BCUT2D eigenvalue weighted by atomic mass is 16.6. The maximum Gasteiger partial charge on any atom is 0.415 e. The van der Waals surface area contributed by atoms with E-state index in [-0.39, 0.29) is 17.4 Å². The highest BCUT2D eigenvalue weighted by molar-refractivity contribution is 5.87. The van der Waals surface area contributed by atoms with E-state index in [1.54, 1.807) is 4.90 Å². The maximum absolute atomic E-state index is 12.6. The van der Waals surface area contributed by atoms with Crippen molar-refractivity contribution in [3.8, 4) is 5.75 Å². The number of imidazole rings is 1. The number of nitrogens with one attached hydrogen (secondary N) is 1. The molecule has 0 radical (unpaired) electrons. The average molecular weight is 610 g/mol. The van der Waals surface area contributed by atoms with E-state index >= 15 is 0 Å². The van der Waals surface area contributed by atoms with Gasteiger partial charge in [0.15, 0.2) is 23.8 Å². The molecule has 0 unspecified atom stereocenters. The number of nitrogen functional groups attached to an aromatic ring is 1. The summed E-state index contributed by atoms with van der Waals surface area (Å²) in [7, 11) is 0. The van der Waals surface area contributed by atoms with E-state index in [9.17, 15) is 24.6 Å². The predicted octanol–water partition coefficient (Wildman–Crippen LogP) is 1.24. The van der Waals surface area contributed by atoms with Gasteiger partial charge < -0.3 is 40.7 Å². The summed E-state index contributed by atoms with van der Waals surface area (Å²) in [5.41, 5.74) is 6.98. The molecule has 2 aliphatic heterocycles. The molecule has 3 aliphatic rings. The Morgan fingerprint density at radius 3 is 2.45 bits per heavy atom. The van der Waals surface area contributed by atoms with E-state index in [2.05, 4.69) is 20.3 Å². The topological polar surface area (TPSA) is 215 Å². The number of carbonyl (C=O) groups excluding carboxylic acids is 2. The molecule has 6 N–H and O–H groups in total. The zero-order valence-electron chi connectivity index (χ0n) is 23.9. The number of rotatable bonds is 9. The van der Waals surface area contributed by atoms with Crippen LogP contribution in [0.5, 0.6) is 5.75 Å². The number of fused-ring (bicyclic) bond motifs is 1. The second-order valence-electron chi connectivity index (χ2n) is 11.6. The van der Waals surface area contributed by atoms with E-state index in [0.717, 1.165) is 38.5 Å². The number of aliphatic hydroxyl groups is 2. The number of ether oxygens (including phenoxy) is 2. The Bertz CT molecular complexity index is 1530. The van der Waals surface area contributed by atoms with E-state index in [1.807, 2.05) is 0 Å². The third-order valence-electron chi connectivity index (χ3n) is 8.38. The van der Waals surface area contributed by atoms with Crippen LogP contribution in [0.2, 0.25) is 0 Å². The summed E-state index contributed by atoms with van der Waals surface area (Å²) in [6.07, 6.45) is 1.50. The van der Waals surface area contributed by atoms with Crippen LogP contribution in [0.25, 0.3) is 11.2 Å². The maximum atomic E-state index is 12.6. The lowest BCUT2D eigenvalue weighted by Gasteiger charge is -2.31. The summed E-state index contributed by atoms with van der Waals surface area (Å²) >= 11 is 0. The fraction of sp³-hybridized carbons (Fsp3) is 0.517. The minimum atomic E-state index is -1.41. The molecule has 2 aromatic heterocycles. The number of likely N-dealkylation sites (tertiary alicyclic amines) is 1. The van der Waals surface area contributed by atoms with Gasteiger partial charge in [0.25, 0.3) is 5.91 Å². The first kappa shape index (κ1) is 29.7. The van der Waals surface area contributed by atoms with Crippen molar-refractivity contribution in [1.82, 2.24) is 29.7 Å². The molecule has 4 heterocycles. The number of carbonyl (C=O) groups is 3. The molecule has 0 bridgehead atoms. The van der Waals surface area contributed by atoms with Crippen molar-refractivity contribution < 1.29 is 39.2 Å². The monoisotopic (exact) mass is 609 g/mol. The van der Waals surface area contributed by atoms with Crippen LogP contribution in [-0.2, 0) is 16.0 Å². The summed E-state index contributed by atoms with van der Waals surface area (Å²) in [5.74, 6) is -0.121. The van der Waals surface area contributed by atoms with Crippen LogP contribution in [0.1, 0.15) is 60.9 Å². The summed E-state index contributed by atoms with van der Waals surface area (Å²) in [5, 5.41) is 33.0. The number of aryl methyl sites for hydroxylation is 1. The number of hydrogen-bond donors (Lipinski definition) is 5. The Kier molecular flexibility index (Phi) is 8.33. The second kappa shape index (κ2) is 12.3. The lowest BCUT2D eigenvalue weighted by molar-refractivity contribution is -0.137. The number of amides is 2. The van der Waals surface area contributed by atoms with Crippen molar-refractivity contribution in [3.63, 3.8) is 0 Å². The number of aliphatic hydroxyl groups excluding tert-OH is 2. The summed E-state index contributed by atoms with van der Waals surface area (Å²) in [6.45, 7) is 1.11. The highest BCUT2D eigenvalue weighted by Crippen LogP contribution is 2.33. The molecule has 0 spiro atoms. The number of nitrogens with zero attached hydrogens (tertiary/aromatic N) is 5. The van der Waals surface area contributed by atoms with Crippen molar-refractivity contribution in [2.45, 2.75) is 75.5 Å². The number of aromatic carboxylic acids is 1. The largest absolute Gasteiger partial charge is 0.478 e. The smallest absolute Gasteiger partial charge is 0.415 e. The van der Waals surface area contributed by atoms with Gasteiger partial charge in [-0.1, -0.05) is 0 Å². The normalized spacial score (nSPS) is 24.0. The first-order valence-corrected chi connectivity index (χ1v) is 14.8. The van der Waals surface area contributed by atoms with Crippen LogP contribution in [-0.4, -0.2) is 95.2 Å². The quantitative estimate of drug-likeness (QED) is 0.232. The number of aromatic nitrogens is 4. The molecular weight excluding hydrogens is 574 g/mol. The van der Waals surface area contributed by atoms with Crippen LogP contribution >= 0.6 is 0 Å². The SMILES string of the molecule is Nc1nc(CCCC2CCN(C(=O)Oc3ccc(C(=O)O)cc3)CC2)nc2c1ncn2[C@@H]1O[C@H](C(=O)NC2CC2)[C@@H](O)[C@H]1O. The molecule has 15 nitrogen and oxygen atoms in total. The molecule has 3 aromatic rings. The summed E-state index contributed by atoms with van der Waals surface area (Å²) < 4.78 is 12.7. The van der Waals surface area contributed by atoms with E-state index in [1.165, 1.54) is 35.2 Å². The Labute approximate surface area is 252 Å². The molecule has 3 fully saturated rings. The van der Waals surface area contributed by atoms with Gasteiger partial charge in [0.2, 0.25) is 0 Å². The van der Waals surface area contributed by atoms with Crippen molar-refractivity contribution in [1.29, 1.82) is 0 Å². The average Bonchev–Trinajstić information content (AvgIpc) is 3.64. The van der Waals surface area contributed by atoms with Gasteiger partial charge in [-0.2, -0.15) is 0 Å². The lowest BCUT2D eigenvalue weighted by Crippen LogP contribution is -2.43. The lowest BCUT2D eigenvalue weighted by atomic mass is 9.91. The van der Waals surface area contributed by atoms with Gasteiger partial charge in [-0.3, -0.25) is 9.36 Å². The Balaban J connectivity index is 1.01. The van der Waals surface area contributed by atoms with Crippen molar-refractivity contribution in [2.24, 2.45) is 5.92 Å². The number of anilines is 1. The molecule has 234 valence electrons. The second-order valence-corrected chi connectivity index (χ2v) is 11.6. The summed E-state index contributed by atoms with van der Waals surface area (Å²) in [4.78, 5) is 51.0. The Morgan fingerprint density at radius 1 is 1.05 bits per heavy atom. The highest BCUT2D eigenvalue weighted by Gasteiger charge is 2.48. The minimum absolute atomic E-state index is 0.0829. The zero-order valence-corrected chi connectivity index (χ0v) is 23.9. The fourth-order valence-electron chi connectivity index (χ4n) is 5.68. The molecular formula is C29H35N7O8. The number of piperidine rings is 1. The van der Waals surface area contributed by atoms with Gasteiger partial charge in [-0.15, -0.1) is 0 Å². The molecule has 1 aliphatic carbocycles. The first-order valence-electron chi connectivity index (χ1n) is 14.8. The molecule has 2 saturated heterocycles. The third kappa shape index (κ3) is 6.30. The standard InChI is InChI=1S/C29H35N7O8/c30-24-20-25(36(14-31-20)27-22(38)21(37)23(44-27)26(39)32-17-6-7-17)34-19(33-24)3-1-2-15-10-12-35(13-11-15)29(42)43-18-8-4-16(5-9-18)28(40)41/h4-5,8-9,14-15,17,21-23,27,37-38H,1-3,6-7,10-13H2,(H,32,39)(H,40,41)(H2,30,33,34)/t21-,22+,23-,27+/m0/s1. The van der Waals surface area contributed by atoms with Gasteiger partial charge in [-0.25, -0.2) is 24.5 Å². The van der Waals surface area contributed by atoms with Gasteiger partial charge in [0.1, 0.15) is 29.3 Å². The van der Waals surface area contributed by atoms with Gasteiger partial charge in [0, 0.05) is 25.6 Å².